The maximum Gasteiger partial charge on any atom is 0.256 e. The van der Waals surface area contributed by atoms with E-state index >= 15 is 0 Å². The molecule has 6 heteroatoms. The number of hydrogen-bond acceptors (Lipinski definition) is 4. The summed E-state index contributed by atoms with van der Waals surface area (Å²) in [5.74, 6) is 0.603. The highest BCUT2D eigenvalue weighted by molar-refractivity contribution is 5.97. The fourth-order valence-corrected chi connectivity index (χ4v) is 3.98. The second-order valence-corrected chi connectivity index (χ2v) is 7.79. The lowest BCUT2D eigenvalue weighted by Gasteiger charge is -2.27. The molecule has 1 aliphatic heterocycles. The SMILES string of the molecule is COc1ccc2[nH]c(=O)c(CN(C(=O)[C@@H]3CCCO3)c3ccc(C)cc3C)cc2c1. The van der Waals surface area contributed by atoms with Crippen molar-refractivity contribution in [2.24, 2.45) is 0 Å². The van der Waals surface area contributed by atoms with Crippen LogP contribution in [-0.2, 0) is 16.1 Å². The van der Waals surface area contributed by atoms with Crippen LogP contribution in [0.1, 0.15) is 29.5 Å². The van der Waals surface area contributed by atoms with Gasteiger partial charge in [-0.1, -0.05) is 17.7 Å². The Morgan fingerprint density at radius 2 is 2.03 bits per heavy atom. The highest BCUT2D eigenvalue weighted by Gasteiger charge is 2.30. The van der Waals surface area contributed by atoms with Crippen molar-refractivity contribution in [3.63, 3.8) is 0 Å². The average molecular weight is 406 g/mol. The van der Waals surface area contributed by atoms with Gasteiger partial charge in [-0.2, -0.15) is 0 Å². The van der Waals surface area contributed by atoms with Gasteiger partial charge in [0, 0.05) is 28.8 Å². The molecule has 156 valence electrons. The minimum absolute atomic E-state index is 0.107. The molecular formula is C24H26N2O4. The summed E-state index contributed by atoms with van der Waals surface area (Å²) in [6.07, 6.45) is 1.10. The molecule has 1 aromatic heterocycles. The first-order valence-electron chi connectivity index (χ1n) is 10.2. The predicted molar refractivity (Wildman–Crippen MR) is 117 cm³/mol. The van der Waals surface area contributed by atoms with E-state index in [-0.39, 0.29) is 18.0 Å². The summed E-state index contributed by atoms with van der Waals surface area (Å²) in [6.45, 7) is 4.76. The summed E-state index contributed by atoms with van der Waals surface area (Å²) in [7, 11) is 1.61. The zero-order valence-electron chi connectivity index (χ0n) is 17.5. The maximum absolute atomic E-state index is 13.3. The van der Waals surface area contributed by atoms with Gasteiger partial charge >= 0.3 is 0 Å². The number of aromatic amines is 1. The lowest BCUT2D eigenvalue weighted by Crippen LogP contribution is -2.40. The number of hydrogen-bond donors (Lipinski definition) is 1. The van der Waals surface area contributed by atoms with E-state index < -0.39 is 6.10 Å². The molecule has 1 saturated heterocycles. The van der Waals surface area contributed by atoms with E-state index in [0.717, 1.165) is 34.1 Å². The number of nitrogens with zero attached hydrogens (tertiary/aromatic N) is 1. The van der Waals surface area contributed by atoms with Crippen LogP contribution in [0, 0.1) is 13.8 Å². The van der Waals surface area contributed by atoms with Crippen LogP contribution in [0.25, 0.3) is 10.9 Å². The molecule has 2 aromatic carbocycles. The second-order valence-electron chi connectivity index (χ2n) is 7.79. The number of rotatable bonds is 5. The number of pyridine rings is 1. The number of nitrogens with one attached hydrogen (secondary N) is 1. The number of benzene rings is 2. The molecule has 30 heavy (non-hydrogen) atoms. The molecule has 1 N–H and O–H groups in total. The van der Waals surface area contributed by atoms with E-state index in [2.05, 4.69) is 4.98 Å². The van der Waals surface area contributed by atoms with Crippen LogP contribution in [-0.4, -0.2) is 30.7 Å². The summed E-state index contributed by atoms with van der Waals surface area (Å²) in [5.41, 5.74) is 3.95. The van der Waals surface area contributed by atoms with Gasteiger partial charge in [0.1, 0.15) is 11.9 Å². The van der Waals surface area contributed by atoms with Gasteiger partial charge in [-0.3, -0.25) is 9.59 Å². The fourth-order valence-electron chi connectivity index (χ4n) is 3.98. The zero-order chi connectivity index (χ0) is 21.3. The Hall–Kier alpha value is -3.12. The molecule has 6 nitrogen and oxygen atoms in total. The van der Waals surface area contributed by atoms with Crippen molar-refractivity contribution in [1.82, 2.24) is 4.98 Å². The third-order valence-electron chi connectivity index (χ3n) is 5.57. The first-order chi connectivity index (χ1) is 14.5. The number of methoxy groups -OCH3 is 1. The van der Waals surface area contributed by atoms with E-state index in [0.29, 0.717) is 24.3 Å². The average Bonchev–Trinajstić information content (AvgIpc) is 3.27. The van der Waals surface area contributed by atoms with Crippen LogP contribution in [0.15, 0.2) is 47.3 Å². The van der Waals surface area contributed by atoms with Crippen molar-refractivity contribution < 1.29 is 14.3 Å². The largest absolute Gasteiger partial charge is 0.497 e. The third kappa shape index (κ3) is 3.96. The van der Waals surface area contributed by atoms with Gasteiger partial charge in [0.05, 0.1) is 13.7 Å². The Balaban J connectivity index is 1.76. The van der Waals surface area contributed by atoms with Crippen molar-refractivity contribution in [2.45, 2.75) is 39.3 Å². The molecule has 2 heterocycles. The van der Waals surface area contributed by atoms with E-state index in [9.17, 15) is 9.59 Å². The fraction of sp³-hybridized carbons (Fsp3) is 0.333. The molecule has 0 bridgehead atoms. The molecule has 1 aliphatic rings. The van der Waals surface area contributed by atoms with Crippen LogP contribution < -0.4 is 15.2 Å². The number of amides is 1. The first-order valence-corrected chi connectivity index (χ1v) is 10.2. The monoisotopic (exact) mass is 406 g/mol. The quantitative estimate of drug-likeness (QED) is 0.698. The molecule has 0 radical (unpaired) electrons. The Bertz CT molecular complexity index is 1150. The molecule has 0 aliphatic carbocycles. The number of H-pyrrole nitrogens is 1. The smallest absolute Gasteiger partial charge is 0.256 e. The predicted octanol–water partition coefficient (Wildman–Crippen LogP) is 3.87. The summed E-state index contributed by atoms with van der Waals surface area (Å²) in [5, 5.41) is 0.856. The number of ether oxygens (including phenoxy) is 2. The van der Waals surface area contributed by atoms with Crippen molar-refractivity contribution in [3.05, 3.63) is 69.5 Å². The van der Waals surface area contributed by atoms with Crippen LogP contribution in [0.3, 0.4) is 0 Å². The molecule has 1 fully saturated rings. The topological polar surface area (TPSA) is 71.6 Å². The molecular weight excluding hydrogens is 380 g/mol. The van der Waals surface area contributed by atoms with Crippen LogP contribution in [0.2, 0.25) is 0 Å². The first kappa shape index (κ1) is 20.2. The lowest BCUT2D eigenvalue weighted by atomic mass is 10.1. The normalized spacial score (nSPS) is 16.0. The number of carbonyl (C=O) groups is 1. The highest BCUT2D eigenvalue weighted by Crippen LogP contribution is 2.27. The minimum atomic E-state index is -0.467. The Morgan fingerprint density at radius 1 is 1.20 bits per heavy atom. The Kier molecular flexibility index (Phi) is 5.59. The van der Waals surface area contributed by atoms with Gasteiger partial charge in [-0.25, -0.2) is 0 Å². The number of carbonyl (C=O) groups excluding carboxylic acids is 1. The summed E-state index contributed by atoms with van der Waals surface area (Å²) in [4.78, 5) is 30.7. The van der Waals surface area contributed by atoms with E-state index in [4.69, 9.17) is 9.47 Å². The highest BCUT2D eigenvalue weighted by atomic mass is 16.5. The minimum Gasteiger partial charge on any atom is -0.497 e. The number of fused-ring (bicyclic) bond motifs is 1. The Labute approximate surface area is 175 Å². The van der Waals surface area contributed by atoms with Gasteiger partial charge in [-0.05, 0) is 62.6 Å². The second kappa shape index (κ2) is 8.32. The summed E-state index contributed by atoms with van der Waals surface area (Å²) < 4.78 is 11.0. The van der Waals surface area contributed by atoms with Crippen molar-refractivity contribution in [1.29, 1.82) is 0 Å². The van der Waals surface area contributed by atoms with E-state index in [1.807, 2.05) is 50.2 Å². The molecule has 0 spiro atoms. The number of anilines is 1. The molecule has 0 unspecified atom stereocenters. The van der Waals surface area contributed by atoms with Gasteiger partial charge in [-0.15, -0.1) is 0 Å². The molecule has 0 saturated carbocycles. The lowest BCUT2D eigenvalue weighted by molar-refractivity contribution is -0.127. The van der Waals surface area contributed by atoms with Crippen LogP contribution in [0.5, 0.6) is 5.75 Å². The zero-order valence-corrected chi connectivity index (χ0v) is 17.5. The van der Waals surface area contributed by atoms with Gasteiger partial charge < -0.3 is 19.4 Å². The van der Waals surface area contributed by atoms with Crippen molar-refractivity contribution in [3.8, 4) is 5.75 Å². The third-order valence-corrected chi connectivity index (χ3v) is 5.57. The summed E-state index contributed by atoms with van der Waals surface area (Å²) >= 11 is 0. The van der Waals surface area contributed by atoms with E-state index in [1.54, 1.807) is 18.1 Å². The molecule has 4 rings (SSSR count). The van der Waals surface area contributed by atoms with Crippen LogP contribution >= 0.6 is 0 Å². The number of aromatic nitrogens is 1. The van der Waals surface area contributed by atoms with E-state index in [1.165, 1.54) is 0 Å². The van der Waals surface area contributed by atoms with Crippen molar-refractivity contribution >= 4 is 22.5 Å². The number of aryl methyl sites for hydroxylation is 2. The Morgan fingerprint density at radius 3 is 2.73 bits per heavy atom. The standard InChI is InChI=1S/C24H26N2O4/c1-15-6-9-21(16(2)11-15)26(24(28)22-5-4-10-30-22)14-18-12-17-13-19(29-3)7-8-20(17)25-23(18)27/h6-9,11-13,22H,4-5,10,14H2,1-3H3,(H,25,27)/t22-/m0/s1. The van der Waals surface area contributed by atoms with Crippen molar-refractivity contribution in [2.75, 3.05) is 18.6 Å². The van der Waals surface area contributed by atoms with Gasteiger partial charge in [0.25, 0.3) is 11.5 Å². The summed E-state index contributed by atoms with van der Waals surface area (Å²) in [6, 6.07) is 13.3. The van der Waals surface area contributed by atoms with Gasteiger partial charge in [0.15, 0.2) is 0 Å². The molecule has 3 aromatic rings. The molecule has 1 atom stereocenters. The molecule has 1 amide bonds. The van der Waals surface area contributed by atoms with Gasteiger partial charge in [0.2, 0.25) is 0 Å². The maximum atomic E-state index is 13.3. The van der Waals surface area contributed by atoms with Crippen LogP contribution in [0.4, 0.5) is 5.69 Å².